The number of nitriles is 1. The highest BCUT2D eigenvalue weighted by atomic mass is 35.5. The normalized spacial score (nSPS) is 11.0. The quantitative estimate of drug-likeness (QED) is 0.185. The summed E-state index contributed by atoms with van der Waals surface area (Å²) in [5, 5.41) is 23.6. The van der Waals surface area contributed by atoms with E-state index < -0.39 is 11.9 Å². The van der Waals surface area contributed by atoms with Crippen molar-refractivity contribution in [2.45, 2.75) is 13.5 Å². The Morgan fingerprint density at radius 1 is 1.03 bits per heavy atom. The van der Waals surface area contributed by atoms with Crippen molar-refractivity contribution >= 4 is 46.0 Å². The molecule has 4 rings (SSSR count). The average molecular weight is 527 g/mol. The molecule has 0 aliphatic carbocycles. The smallest absolute Gasteiger partial charge is 0.335 e. The minimum atomic E-state index is -1.08. The highest BCUT2D eigenvalue weighted by molar-refractivity contribution is 6.32. The molecule has 0 radical (unpaired) electrons. The van der Waals surface area contributed by atoms with Gasteiger partial charge in [-0.05, 0) is 71.3 Å². The number of hydrogen-bond acceptors (Lipinski definition) is 5. The molecule has 0 spiro atoms. The monoisotopic (exact) mass is 526 g/mol. The molecule has 0 aromatic heterocycles. The fourth-order valence-electron chi connectivity index (χ4n) is 3.85. The Hall–Kier alpha value is -4.80. The number of nitrogens with one attached hydrogen (secondary N) is 1. The van der Waals surface area contributed by atoms with Crippen LogP contribution in [-0.4, -0.2) is 23.6 Å². The van der Waals surface area contributed by atoms with Gasteiger partial charge in [-0.15, -0.1) is 0 Å². The molecule has 0 bridgehead atoms. The first-order valence-corrected chi connectivity index (χ1v) is 12.1. The zero-order valence-corrected chi connectivity index (χ0v) is 21.2. The number of halogens is 1. The van der Waals surface area contributed by atoms with Crippen LogP contribution in [0.25, 0.3) is 16.8 Å². The van der Waals surface area contributed by atoms with E-state index in [1.807, 2.05) is 55.5 Å². The minimum absolute atomic E-state index is 0.0832. The van der Waals surface area contributed by atoms with E-state index in [9.17, 15) is 14.9 Å². The Kier molecular flexibility index (Phi) is 8.27. The van der Waals surface area contributed by atoms with Gasteiger partial charge in [-0.3, -0.25) is 4.79 Å². The first-order valence-electron chi connectivity index (χ1n) is 11.7. The van der Waals surface area contributed by atoms with Crippen molar-refractivity contribution in [3.63, 3.8) is 0 Å². The zero-order valence-electron chi connectivity index (χ0n) is 20.4. The number of carbonyl (C=O) groups excluding carboxylic acids is 1. The lowest BCUT2D eigenvalue weighted by molar-refractivity contribution is -0.112. The van der Waals surface area contributed by atoms with Gasteiger partial charge in [-0.1, -0.05) is 54.1 Å². The highest BCUT2D eigenvalue weighted by Crippen LogP contribution is 2.38. The summed E-state index contributed by atoms with van der Waals surface area (Å²) in [5.41, 5.74) is 1.73. The van der Waals surface area contributed by atoms with Crippen LogP contribution in [0.15, 0.2) is 84.4 Å². The number of carbonyl (C=O) groups is 2. The van der Waals surface area contributed by atoms with Crippen molar-refractivity contribution in [1.29, 1.82) is 5.26 Å². The van der Waals surface area contributed by atoms with Crippen LogP contribution < -0.4 is 14.8 Å². The van der Waals surface area contributed by atoms with Crippen LogP contribution in [-0.2, 0) is 11.4 Å². The summed E-state index contributed by atoms with van der Waals surface area (Å²) in [6.45, 7) is 2.45. The van der Waals surface area contributed by atoms with Gasteiger partial charge in [0.25, 0.3) is 5.91 Å². The first-order chi connectivity index (χ1) is 18.4. The van der Waals surface area contributed by atoms with Crippen LogP contribution in [0.2, 0.25) is 5.02 Å². The van der Waals surface area contributed by atoms with Crippen LogP contribution in [0.5, 0.6) is 11.5 Å². The standard InChI is InChI=1S/C30H23ClN2O5/c1-2-37-27-16-19(14-23(17-32)29(34)33-24-12-10-21(11-13-24)30(35)36)15-26(31)28(27)38-18-22-8-5-7-20-6-3-4-9-25(20)22/h3-16H,2,18H2,1H3,(H,33,34)(H,35,36)/b23-14+. The van der Waals surface area contributed by atoms with Gasteiger partial charge in [0.1, 0.15) is 18.2 Å². The molecule has 0 aliphatic heterocycles. The van der Waals surface area contributed by atoms with E-state index in [4.69, 9.17) is 26.2 Å². The molecule has 0 saturated heterocycles. The summed E-state index contributed by atoms with van der Waals surface area (Å²) >= 11 is 6.57. The number of rotatable bonds is 9. The number of aromatic carboxylic acids is 1. The fraction of sp³-hybridized carbons (Fsp3) is 0.100. The van der Waals surface area contributed by atoms with Gasteiger partial charge >= 0.3 is 5.97 Å². The van der Waals surface area contributed by atoms with Crippen LogP contribution in [0, 0.1) is 11.3 Å². The molecule has 2 N–H and O–H groups in total. The van der Waals surface area contributed by atoms with Crippen molar-refractivity contribution in [2.24, 2.45) is 0 Å². The Labute approximate surface area is 224 Å². The number of benzene rings is 4. The number of amides is 1. The summed E-state index contributed by atoms with van der Waals surface area (Å²) in [6, 6.07) is 24.8. The molecule has 190 valence electrons. The maximum absolute atomic E-state index is 12.7. The number of hydrogen-bond donors (Lipinski definition) is 2. The zero-order chi connectivity index (χ0) is 27.1. The third kappa shape index (κ3) is 6.12. The van der Waals surface area contributed by atoms with Crippen LogP contribution >= 0.6 is 11.6 Å². The van der Waals surface area contributed by atoms with E-state index >= 15 is 0 Å². The van der Waals surface area contributed by atoms with Gasteiger partial charge in [0.2, 0.25) is 0 Å². The Balaban J connectivity index is 1.57. The van der Waals surface area contributed by atoms with E-state index in [0.717, 1.165) is 16.3 Å². The molecule has 0 aliphatic rings. The SMILES string of the molecule is CCOc1cc(/C=C(\C#N)C(=O)Nc2ccc(C(=O)O)cc2)cc(Cl)c1OCc1cccc2ccccc12. The Bertz CT molecular complexity index is 1570. The van der Waals surface area contributed by atoms with Gasteiger partial charge < -0.3 is 19.9 Å². The van der Waals surface area contributed by atoms with Crippen LogP contribution in [0.1, 0.15) is 28.4 Å². The second-order valence-corrected chi connectivity index (χ2v) is 8.60. The predicted molar refractivity (Wildman–Crippen MR) is 147 cm³/mol. The molecule has 0 heterocycles. The van der Waals surface area contributed by atoms with Gasteiger partial charge in [0, 0.05) is 5.69 Å². The fourth-order valence-corrected chi connectivity index (χ4v) is 4.13. The molecule has 1 amide bonds. The summed E-state index contributed by atoms with van der Waals surface area (Å²) in [7, 11) is 0. The summed E-state index contributed by atoms with van der Waals surface area (Å²) in [6.07, 6.45) is 1.39. The first kappa shape index (κ1) is 26.3. The number of ether oxygens (including phenoxy) is 2. The maximum atomic E-state index is 12.7. The maximum Gasteiger partial charge on any atom is 0.335 e. The second kappa shape index (κ2) is 12.0. The molecular formula is C30H23ClN2O5. The number of carboxylic acid groups (broad SMARTS) is 1. The topological polar surface area (TPSA) is 109 Å². The predicted octanol–water partition coefficient (Wildman–Crippen LogP) is 6.71. The van der Waals surface area contributed by atoms with Gasteiger partial charge in [0.15, 0.2) is 11.5 Å². The largest absolute Gasteiger partial charge is 0.490 e. The Morgan fingerprint density at radius 2 is 1.76 bits per heavy atom. The molecule has 0 fully saturated rings. The summed E-state index contributed by atoms with van der Waals surface area (Å²) in [5.74, 6) is -0.985. The molecule has 0 atom stereocenters. The van der Waals surface area contributed by atoms with Crippen molar-refractivity contribution in [2.75, 3.05) is 11.9 Å². The minimum Gasteiger partial charge on any atom is -0.490 e. The van der Waals surface area contributed by atoms with E-state index in [1.165, 1.54) is 30.3 Å². The lowest BCUT2D eigenvalue weighted by Gasteiger charge is -2.15. The summed E-state index contributed by atoms with van der Waals surface area (Å²) < 4.78 is 11.9. The third-order valence-electron chi connectivity index (χ3n) is 5.65. The molecule has 7 nitrogen and oxygen atoms in total. The van der Waals surface area contributed by atoms with E-state index in [-0.39, 0.29) is 22.8 Å². The van der Waals surface area contributed by atoms with Crippen molar-refractivity contribution < 1.29 is 24.2 Å². The highest BCUT2D eigenvalue weighted by Gasteiger charge is 2.16. The van der Waals surface area contributed by atoms with E-state index in [0.29, 0.717) is 29.4 Å². The van der Waals surface area contributed by atoms with Gasteiger partial charge in [-0.25, -0.2) is 4.79 Å². The number of fused-ring (bicyclic) bond motifs is 1. The Morgan fingerprint density at radius 3 is 2.47 bits per heavy atom. The molecule has 4 aromatic carbocycles. The molecule has 38 heavy (non-hydrogen) atoms. The van der Waals surface area contributed by atoms with Crippen molar-refractivity contribution in [1.82, 2.24) is 0 Å². The average Bonchev–Trinajstić information content (AvgIpc) is 2.91. The van der Waals surface area contributed by atoms with Crippen LogP contribution in [0.3, 0.4) is 0 Å². The summed E-state index contributed by atoms with van der Waals surface area (Å²) in [4.78, 5) is 23.7. The molecule has 8 heteroatoms. The van der Waals surface area contributed by atoms with E-state index in [1.54, 1.807) is 12.1 Å². The van der Waals surface area contributed by atoms with Crippen molar-refractivity contribution in [3.05, 3.63) is 106 Å². The number of nitrogens with zero attached hydrogens (tertiary/aromatic N) is 1. The molecule has 0 unspecified atom stereocenters. The lowest BCUT2D eigenvalue weighted by atomic mass is 10.1. The number of carboxylic acids is 1. The third-order valence-corrected chi connectivity index (χ3v) is 5.93. The van der Waals surface area contributed by atoms with Crippen LogP contribution in [0.4, 0.5) is 5.69 Å². The molecular weight excluding hydrogens is 504 g/mol. The van der Waals surface area contributed by atoms with E-state index in [2.05, 4.69) is 5.32 Å². The van der Waals surface area contributed by atoms with Gasteiger partial charge in [-0.2, -0.15) is 5.26 Å². The molecule has 0 saturated carbocycles. The van der Waals surface area contributed by atoms with Gasteiger partial charge in [0.05, 0.1) is 17.2 Å². The second-order valence-electron chi connectivity index (χ2n) is 8.20. The van der Waals surface area contributed by atoms with Crippen molar-refractivity contribution in [3.8, 4) is 17.6 Å². The molecule has 4 aromatic rings. The lowest BCUT2D eigenvalue weighted by Crippen LogP contribution is -2.13. The number of anilines is 1.